The maximum atomic E-state index is 13.4. The summed E-state index contributed by atoms with van der Waals surface area (Å²) < 4.78 is 13.4. The number of urea groups is 1. The zero-order valence-electron chi connectivity index (χ0n) is 14.8. The Morgan fingerprint density at radius 3 is 2.86 bits per heavy atom. The number of nitrogens with zero attached hydrogens (tertiary/aromatic N) is 2. The molecule has 148 valence electrons. The number of halogens is 2. The molecule has 1 aliphatic heterocycles. The third-order valence-corrected chi connectivity index (χ3v) is 5.83. The predicted octanol–water partition coefficient (Wildman–Crippen LogP) is 2.48. The molecule has 0 radical (unpaired) electrons. The summed E-state index contributed by atoms with van der Waals surface area (Å²) in [6.45, 7) is 1.41. The maximum Gasteiger partial charge on any atom is 0.317 e. The lowest BCUT2D eigenvalue weighted by Gasteiger charge is -2.32. The first-order valence-electron chi connectivity index (χ1n) is 8.53. The molecule has 28 heavy (non-hydrogen) atoms. The zero-order valence-corrected chi connectivity index (χ0v) is 16.4. The van der Waals surface area contributed by atoms with Crippen molar-refractivity contribution < 1.29 is 14.0 Å². The van der Waals surface area contributed by atoms with Gasteiger partial charge in [0, 0.05) is 36.8 Å². The van der Waals surface area contributed by atoms with Gasteiger partial charge in [-0.05, 0) is 29.3 Å². The summed E-state index contributed by atoms with van der Waals surface area (Å²) in [7, 11) is 0. The molecule has 2 aromatic rings. The topological polar surface area (TPSA) is 100 Å². The second kappa shape index (κ2) is 9.22. The van der Waals surface area contributed by atoms with E-state index in [0.717, 1.165) is 16.9 Å². The number of nitrogen functional groups attached to an aromatic ring is 1. The fraction of sp³-hybridized carbons (Fsp3) is 0.278. The van der Waals surface area contributed by atoms with Crippen LogP contribution >= 0.6 is 23.4 Å². The van der Waals surface area contributed by atoms with Crippen molar-refractivity contribution in [2.75, 3.05) is 18.8 Å². The number of nitrogens with two attached hydrogens (primary N) is 1. The van der Waals surface area contributed by atoms with Crippen molar-refractivity contribution in [3.8, 4) is 0 Å². The number of nitrogens with one attached hydrogen (secondary N) is 2. The van der Waals surface area contributed by atoms with E-state index in [9.17, 15) is 14.0 Å². The van der Waals surface area contributed by atoms with Crippen LogP contribution in [0.25, 0.3) is 0 Å². The number of amides is 3. The fourth-order valence-corrected chi connectivity index (χ4v) is 4.20. The largest absolute Gasteiger partial charge is 0.334 e. The Kier molecular flexibility index (Phi) is 6.71. The summed E-state index contributed by atoms with van der Waals surface area (Å²) >= 11 is 7.59. The van der Waals surface area contributed by atoms with E-state index in [0.29, 0.717) is 13.1 Å². The Morgan fingerprint density at radius 2 is 2.18 bits per heavy atom. The number of carbonyl (C=O) groups is 2. The molecule has 1 unspecified atom stereocenters. The quantitative estimate of drug-likeness (QED) is 0.398. The second-order valence-electron chi connectivity index (χ2n) is 6.16. The number of aromatic nitrogens is 1. The summed E-state index contributed by atoms with van der Waals surface area (Å²) in [4.78, 5) is 29.6. The smallest absolute Gasteiger partial charge is 0.317 e. The van der Waals surface area contributed by atoms with Crippen LogP contribution in [0.1, 0.15) is 26.9 Å². The molecule has 1 atom stereocenters. The zero-order chi connectivity index (χ0) is 20.1. The average molecular weight is 424 g/mol. The van der Waals surface area contributed by atoms with Gasteiger partial charge in [-0.3, -0.25) is 15.2 Å². The van der Waals surface area contributed by atoms with E-state index < -0.39 is 11.7 Å². The molecule has 3 amide bonds. The van der Waals surface area contributed by atoms with Gasteiger partial charge in [-0.2, -0.15) is 11.8 Å². The highest BCUT2D eigenvalue weighted by molar-refractivity contribution is 7.99. The van der Waals surface area contributed by atoms with Gasteiger partial charge in [0.1, 0.15) is 11.5 Å². The highest BCUT2D eigenvalue weighted by atomic mass is 35.5. The molecule has 10 heteroatoms. The number of hydrazine groups is 1. The summed E-state index contributed by atoms with van der Waals surface area (Å²) in [6.07, 6.45) is 1.51. The molecule has 1 aromatic heterocycles. The minimum atomic E-state index is -0.478. The van der Waals surface area contributed by atoms with Crippen LogP contribution in [0.4, 0.5) is 9.18 Å². The minimum Gasteiger partial charge on any atom is -0.334 e. The van der Waals surface area contributed by atoms with Crippen LogP contribution in [0.3, 0.4) is 0 Å². The minimum absolute atomic E-state index is 0.0355. The lowest BCUT2D eigenvalue weighted by atomic mass is 10.1. The first kappa shape index (κ1) is 20.4. The van der Waals surface area contributed by atoms with Crippen LogP contribution in [-0.4, -0.2) is 40.7 Å². The molecule has 3 rings (SSSR count). The van der Waals surface area contributed by atoms with Gasteiger partial charge in [0.15, 0.2) is 0 Å². The van der Waals surface area contributed by atoms with E-state index in [-0.39, 0.29) is 28.5 Å². The Labute approximate surface area is 170 Å². The first-order chi connectivity index (χ1) is 13.5. The summed E-state index contributed by atoms with van der Waals surface area (Å²) in [5.41, 5.74) is 3.86. The van der Waals surface area contributed by atoms with Gasteiger partial charge in [-0.15, -0.1) is 0 Å². The van der Waals surface area contributed by atoms with E-state index >= 15 is 0 Å². The van der Waals surface area contributed by atoms with Gasteiger partial charge in [-0.1, -0.05) is 23.7 Å². The number of benzene rings is 1. The van der Waals surface area contributed by atoms with Crippen LogP contribution in [0.5, 0.6) is 0 Å². The lowest BCUT2D eigenvalue weighted by molar-refractivity contribution is 0.0948. The number of thioether (sulfide) groups is 1. The van der Waals surface area contributed by atoms with Crippen LogP contribution in [0.2, 0.25) is 5.02 Å². The molecule has 0 spiro atoms. The molecule has 7 nitrogen and oxygen atoms in total. The normalized spacial score (nSPS) is 16.5. The first-order valence-corrected chi connectivity index (χ1v) is 9.96. The van der Waals surface area contributed by atoms with Crippen molar-refractivity contribution in [1.29, 1.82) is 0 Å². The van der Waals surface area contributed by atoms with Gasteiger partial charge in [-0.25, -0.2) is 15.0 Å². The van der Waals surface area contributed by atoms with Crippen molar-refractivity contribution in [3.63, 3.8) is 0 Å². The molecule has 1 saturated heterocycles. The number of rotatable bonds is 4. The van der Waals surface area contributed by atoms with E-state index in [1.807, 2.05) is 5.43 Å². The third kappa shape index (κ3) is 4.92. The van der Waals surface area contributed by atoms with Crippen molar-refractivity contribution >= 4 is 35.3 Å². The van der Waals surface area contributed by atoms with E-state index in [1.165, 1.54) is 18.3 Å². The van der Waals surface area contributed by atoms with Gasteiger partial charge in [0.25, 0.3) is 5.91 Å². The number of pyridine rings is 1. The second-order valence-corrected chi connectivity index (χ2v) is 7.88. The van der Waals surface area contributed by atoms with Gasteiger partial charge in [0.2, 0.25) is 0 Å². The Balaban J connectivity index is 1.56. The molecule has 1 fully saturated rings. The lowest BCUT2D eigenvalue weighted by Crippen LogP contribution is -2.44. The number of hydrogen-bond acceptors (Lipinski definition) is 5. The number of carbonyl (C=O) groups excluding carboxylic acids is 2. The molecular weight excluding hydrogens is 405 g/mol. The Morgan fingerprint density at radius 1 is 1.36 bits per heavy atom. The van der Waals surface area contributed by atoms with Crippen LogP contribution < -0.4 is 16.6 Å². The van der Waals surface area contributed by atoms with Crippen molar-refractivity contribution in [1.82, 2.24) is 20.6 Å². The Hall–Kier alpha value is -2.36. The summed E-state index contributed by atoms with van der Waals surface area (Å²) in [6, 6.07) is 7.70. The summed E-state index contributed by atoms with van der Waals surface area (Å²) in [5.74, 6) is 4.90. The molecule has 2 heterocycles. The van der Waals surface area contributed by atoms with Gasteiger partial charge < -0.3 is 10.2 Å². The van der Waals surface area contributed by atoms with Crippen molar-refractivity contribution in [3.05, 3.63) is 64.2 Å². The number of hydrogen-bond donors (Lipinski definition) is 3. The van der Waals surface area contributed by atoms with Gasteiger partial charge in [0.05, 0.1) is 5.02 Å². The molecule has 4 N–H and O–H groups in total. The SMILES string of the molecule is NNC(=O)c1ccc(CNC(=O)N2CCSC(c3ccc(F)c(Cl)c3)C2)cn1. The standard InChI is InChI=1S/C18H19ClFN5O2S/c19-13-7-12(2-3-14(13)20)16-10-25(5-6-28-16)18(27)23-9-11-1-4-15(22-8-11)17(26)24-21/h1-4,7-8,16H,5-6,9-10,21H2,(H,23,27)(H,24,26). The highest BCUT2D eigenvalue weighted by Crippen LogP contribution is 2.34. The monoisotopic (exact) mass is 423 g/mol. The summed E-state index contributed by atoms with van der Waals surface area (Å²) in [5, 5.41) is 2.97. The van der Waals surface area contributed by atoms with Crippen molar-refractivity contribution in [2.45, 2.75) is 11.8 Å². The van der Waals surface area contributed by atoms with Crippen LogP contribution in [0.15, 0.2) is 36.5 Å². The van der Waals surface area contributed by atoms with Crippen molar-refractivity contribution in [2.24, 2.45) is 5.84 Å². The molecular formula is C18H19ClFN5O2S. The highest BCUT2D eigenvalue weighted by Gasteiger charge is 2.25. The van der Waals surface area contributed by atoms with E-state index in [4.69, 9.17) is 17.4 Å². The molecule has 0 bridgehead atoms. The molecule has 0 aliphatic carbocycles. The predicted molar refractivity (Wildman–Crippen MR) is 106 cm³/mol. The molecule has 1 aromatic carbocycles. The maximum absolute atomic E-state index is 13.4. The average Bonchev–Trinajstić information content (AvgIpc) is 2.73. The molecule has 0 saturated carbocycles. The van der Waals surface area contributed by atoms with E-state index in [2.05, 4.69) is 10.3 Å². The van der Waals surface area contributed by atoms with Gasteiger partial charge >= 0.3 is 6.03 Å². The molecule has 1 aliphatic rings. The third-order valence-electron chi connectivity index (χ3n) is 4.30. The fourth-order valence-electron chi connectivity index (χ4n) is 2.77. The van der Waals surface area contributed by atoms with Crippen LogP contribution in [-0.2, 0) is 6.54 Å². The Bertz CT molecular complexity index is 868. The van der Waals surface area contributed by atoms with E-state index in [1.54, 1.807) is 34.9 Å². The van der Waals surface area contributed by atoms with Crippen LogP contribution in [0, 0.1) is 5.82 Å².